The van der Waals surface area contributed by atoms with Crippen molar-refractivity contribution < 1.29 is 19.6 Å². The summed E-state index contributed by atoms with van der Waals surface area (Å²) in [6.07, 6.45) is 0.849. The molecule has 0 aliphatic rings. The van der Waals surface area contributed by atoms with Crippen molar-refractivity contribution >= 4 is 28.2 Å². The van der Waals surface area contributed by atoms with Crippen molar-refractivity contribution in [3.05, 3.63) is 58.1 Å². The maximum Gasteiger partial charge on any atom is 0.295 e. The average Bonchev–Trinajstić information content (AvgIpc) is 3.00. The monoisotopic (exact) mass is 410 g/mol. The molecule has 30 heavy (non-hydrogen) atoms. The van der Waals surface area contributed by atoms with Gasteiger partial charge in [0.25, 0.3) is 11.6 Å². The smallest absolute Gasteiger partial charge is 0.295 e. The van der Waals surface area contributed by atoms with E-state index in [2.05, 4.69) is 24.1 Å². The van der Waals surface area contributed by atoms with Crippen LogP contribution >= 0.6 is 0 Å². The summed E-state index contributed by atoms with van der Waals surface area (Å²) in [6, 6.07) is 10.4. The molecule has 0 radical (unpaired) electrons. The van der Waals surface area contributed by atoms with E-state index in [4.69, 9.17) is 4.74 Å². The molecule has 2 aromatic carbocycles. The minimum atomic E-state index is -0.671. The first-order chi connectivity index (χ1) is 14.3. The summed E-state index contributed by atoms with van der Waals surface area (Å²) in [7, 11) is 1.54. The number of non-ortho nitro benzene ring substituents is 1. The number of methoxy groups -OCH3 is 1. The molecule has 0 aliphatic heterocycles. The normalized spacial score (nSPS) is 11.5. The Bertz CT molecular complexity index is 1120. The van der Waals surface area contributed by atoms with Crippen molar-refractivity contribution in [2.24, 2.45) is 16.1 Å². The molecule has 9 heteroatoms. The number of azo groups is 1. The second-order valence-corrected chi connectivity index (χ2v) is 7.20. The van der Waals surface area contributed by atoms with E-state index in [9.17, 15) is 20.0 Å². The number of aromatic nitrogens is 1. The summed E-state index contributed by atoms with van der Waals surface area (Å²) in [5.74, 6) is 0.268. The highest BCUT2D eigenvalue weighted by Gasteiger charge is 2.18. The zero-order chi connectivity index (χ0) is 21.8. The van der Waals surface area contributed by atoms with Gasteiger partial charge >= 0.3 is 0 Å². The molecule has 0 fully saturated rings. The van der Waals surface area contributed by atoms with Crippen molar-refractivity contribution in [3.63, 3.8) is 0 Å². The van der Waals surface area contributed by atoms with Crippen LogP contribution in [0.2, 0.25) is 0 Å². The molecule has 0 unspecified atom stereocenters. The number of nitro groups is 1. The number of carbonyl (C=O) groups excluding carboxylic acids is 1. The lowest BCUT2D eigenvalue weighted by Crippen LogP contribution is -2.00. The second-order valence-electron chi connectivity index (χ2n) is 7.20. The predicted octanol–water partition coefficient (Wildman–Crippen LogP) is 5.23. The second kappa shape index (κ2) is 8.73. The number of aromatic hydroxyl groups is 1. The van der Waals surface area contributed by atoms with E-state index in [0.717, 1.165) is 11.9 Å². The number of amides is 1. The van der Waals surface area contributed by atoms with Crippen molar-refractivity contribution in [2.75, 3.05) is 7.11 Å². The molecule has 0 spiro atoms. The van der Waals surface area contributed by atoms with Gasteiger partial charge in [0.05, 0.1) is 17.5 Å². The highest BCUT2D eigenvalue weighted by Crippen LogP contribution is 2.41. The van der Waals surface area contributed by atoms with Crippen LogP contribution in [-0.2, 0) is 6.54 Å². The van der Waals surface area contributed by atoms with Gasteiger partial charge in [0.15, 0.2) is 5.69 Å². The van der Waals surface area contributed by atoms with Crippen LogP contribution in [-0.4, -0.2) is 27.6 Å². The van der Waals surface area contributed by atoms with E-state index < -0.39 is 10.8 Å². The number of benzene rings is 2. The molecule has 0 atom stereocenters. The molecule has 1 heterocycles. The number of ether oxygens (including phenoxy) is 1. The van der Waals surface area contributed by atoms with Gasteiger partial charge in [0.2, 0.25) is 5.88 Å². The van der Waals surface area contributed by atoms with Crippen molar-refractivity contribution in [2.45, 2.75) is 26.8 Å². The molecule has 156 valence electrons. The van der Waals surface area contributed by atoms with Crippen LogP contribution in [0.15, 0.2) is 52.7 Å². The Hall–Kier alpha value is -3.75. The van der Waals surface area contributed by atoms with Gasteiger partial charge in [-0.1, -0.05) is 13.8 Å². The van der Waals surface area contributed by atoms with Crippen molar-refractivity contribution in [1.29, 1.82) is 0 Å². The van der Waals surface area contributed by atoms with Crippen molar-refractivity contribution in [3.8, 4) is 11.6 Å². The van der Waals surface area contributed by atoms with Crippen LogP contribution in [0, 0.1) is 16.0 Å². The standard InChI is InChI=1S/C21H22N4O5/c1-13(2)10-11-24-18-9-8-16(30-3)12-17(18)19(21(24)27)22-23-20(26)14-4-6-15(7-5-14)25(28)29/h4-9,12-13,27H,10-11H2,1-3H3. The van der Waals surface area contributed by atoms with Crippen LogP contribution in [0.5, 0.6) is 11.6 Å². The van der Waals surface area contributed by atoms with Crippen LogP contribution in [0.4, 0.5) is 11.4 Å². The Balaban J connectivity index is 1.98. The third-order valence-electron chi connectivity index (χ3n) is 4.71. The first-order valence-electron chi connectivity index (χ1n) is 9.41. The van der Waals surface area contributed by atoms with E-state index in [1.54, 1.807) is 16.7 Å². The molecule has 0 saturated heterocycles. The SMILES string of the molecule is COc1ccc2c(c1)c(N=NC(=O)c1ccc([N+](=O)[O-])cc1)c(O)n2CCC(C)C. The summed E-state index contributed by atoms with van der Waals surface area (Å²) < 4.78 is 7.00. The number of fused-ring (bicyclic) bond motifs is 1. The number of nitro benzene ring substituents is 1. The van der Waals surface area contributed by atoms with E-state index in [-0.39, 0.29) is 22.8 Å². The minimum absolute atomic E-state index is 0.0841. The van der Waals surface area contributed by atoms with Gasteiger partial charge in [0.1, 0.15) is 5.75 Å². The van der Waals surface area contributed by atoms with E-state index in [0.29, 0.717) is 23.6 Å². The zero-order valence-corrected chi connectivity index (χ0v) is 16.9. The molecule has 0 bridgehead atoms. The fraction of sp³-hybridized carbons (Fsp3) is 0.286. The Morgan fingerprint density at radius 2 is 1.93 bits per heavy atom. The first-order valence-corrected chi connectivity index (χ1v) is 9.41. The number of rotatable bonds is 7. The highest BCUT2D eigenvalue weighted by molar-refractivity contribution is 5.98. The molecular formula is C21H22N4O5. The Kier molecular flexibility index (Phi) is 6.10. The maximum absolute atomic E-state index is 12.3. The van der Waals surface area contributed by atoms with Gasteiger partial charge in [0, 0.05) is 29.6 Å². The summed E-state index contributed by atoms with van der Waals surface area (Å²) in [5.41, 5.74) is 0.958. The fourth-order valence-corrected chi connectivity index (χ4v) is 3.02. The zero-order valence-electron chi connectivity index (χ0n) is 16.9. The Morgan fingerprint density at radius 3 is 2.53 bits per heavy atom. The number of hydrogen-bond donors (Lipinski definition) is 1. The van der Waals surface area contributed by atoms with E-state index >= 15 is 0 Å². The summed E-state index contributed by atoms with van der Waals surface area (Å²) in [5, 5.41) is 29.8. The molecule has 3 aromatic rings. The van der Waals surface area contributed by atoms with Gasteiger partial charge in [-0.25, -0.2) is 0 Å². The Labute approximate surface area is 172 Å². The molecule has 1 amide bonds. The third-order valence-corrected chi connectivity index (χ3v) is 4.71. The van der Waals surface area contributed by atoms with Crippen LogP contribution < -0.4 is 4.74 Å². The lowest BCUT2D eigenvalue weighted by atomic mass is 10.1. The molecular weight excluding hydrogens is 388 g/mol. The van der Waals surface area contributed by atoms with Crippen LogP contribution in [0.25, 0.3) is 10.9 Å². The number of aryl methyl sites for hydroxylation is 1. The van der Waals surface area contributed by atoms with Gasteiger partial charge in [-0.3, -0.25) is 14.9 Å². The Morgan fingerprint density at radius 1 is 1.23 bits per heavy atom. The van der Waals surface area contributed by atoms with E-state index in [1.807, 2.05) is 6.07 Å². The lowest BCUT2D eigenvalue weighted by molar-refractivity contribution is -0.384. The van der Waals surface area contributed by atoms with Crippen LogP contribution in [0.1, 0.15) is 30.6 Å². The van der Waals surface area contributed by atoms with Gasteiger partial charge in [-0.15, -0.1) is 10.2 Å². The number of hydrogen-bond acceptors (Lipinski definition) is 6. The van der Waals surface area contributed by atoms with Gasteiger partial charge in [-0.2, -0.15) is 0 Å². The van der Waals surface area contributed by atoms with Gasteiger partial charge in [-0.05, 0) is 42.7 Å². The molecule has 1 N–H and O–H groups in total. The molecule has 1 aromatic heterocycles. The molecule has 0 aliphatic carbocycles. The summed E-state index contributed by atoms with van der Waals surface area (Å²) in [4.78, 5) is 22.5. The predicted molar refractivity (Wildman–Crippen MR) is 112 cm³/mol. The first kappa shape index (κ1) is 21.0. The number of nitrogens with zero attached hydrogens (tertiary/aromatic N) is 4. The molecule has 3 rings (SSSR count). The fourth-order valence-electron chi connectivity index (χ4n) is 3.02. The highest BCUT2D eigenvalue weighted by atomic mass is 16.6. The van der Waals surface area contributed by atoms with Crippen LogP contribution in [0.3, 0.4) is 0 Å². The minimum Gasteiger partial charge on any atom is -0.497 e. The quantitative estimate of drug-likeness (QED) is 0.325. The maximum atomic E-state index is 12.3. The number of carbonyl (C=O) groups is 1. The molecule has 9 nitrogen and oxygen atoms in total. The summed E-state index contributed by atoms with van der Waals surface area (Å²) >= 11 is 0. The topological polar surface area (TPSA) is 119 Å². The third kappa shape index (κ3) is 4.29. The molecule has 0 saturated carbocycles. The van der Waals surface area contributed by atoms with Gasteiger partial charge < -0.3 is 14.4 Å². The lowest BCUT2D eigenvalue weighted by Gasteiger charge is -2.09. The van der Waals surface area contributed by atoms with E-state index in [1.165, 1.54) is 31.4 Å². The average molecular weight is 410 g/mol. The largest absolute Gasteiger partial charge is 0.497 e. The van der Waals surface area contributed by atoms with Crippen molar-refractivity contribution in [1.82, 2.24) is 4.57 Å². The summed E-state index contributed by atoms with van der Waals surface area (Å²) in [6.45, 7) is 4.77.